The van der Waals surface area contributed by atoms with Crippen LogP contribution in [0.1, 0.15) is 24.8 Å². The highest BCUT2D eigenvalue weighted by atomic mass is 16.3. The van der Waals surface area contributed by atoms with Crippen molar-refractivity contribution in [2.75, 3.05) is 52.5 Å². The number of aliphatic hydroxyl groups excluding tert-OH is 1. The van der Waals surface area contributed by atoms with Gasteiger partial charge in [0.25, 0.3) is 0 Å². The standard InChI is InChI=1S/C21H32N4O2/c26-17-25-14-13-24(19-7-4-8-19)16-20(25)21(27)23-11-9-22(10-12-23)15-18-5-2-1-3-6-18/h1-3,5-6,19-20,26H,4,7-17H2/t20-/m1/s1. The molecule has 0 bridgehead atoms. The fourth-order valence-corrected chi connectivity index (χ4v) is 4.51. The maximum atomic E-state index is 13.2. The van der Waals surface area contributed by atoms with Crippen LogP contribution in [0.25, 0.3) is 0 Å². The van der Waals surface area contributed by atoms with E-state index in [-0.39, 0.29) is 18.7 Å². The van der Waals surface area contributed by atoms with E-state index >= 15 is 0 Å². The Balaban J connectivity index is 1.31. The Kier molecular flexibility index (Phi) is 6.08. The maximum absolute atomic E-state index is 13.2. The van der Waals surface area contributed by atoms with Gasteiger partial charge in [0.05, 0.1) is 6.73 Å². The molecular formula is C21H32N4O2. The first-order valence-electron chi connectivity index (χ1n) is 10.4. The van der Waals surface area contributed by atoms with Gasteiger partial charge in [-0.2, -0.15) is 0 Å². The molecule has 1 aromatic rings. The van der Waals surface area contributed by atoms with Crippen molar-refractivity contribution in [3.05, 3.63) is 35.9 Å². The van der Waals surface area contributed by atoms with E-state index in [0.29, 0.717) is 6.04 Å². The Morgan fingerprint density at radius 3 is 2.37 bits per heavy atom. The molecule has 2 aliphatic heterocycles. The number of piperazine rings is 2. The third-order valence-electron chi connectivity index (χ3n) is 6.51. The van der Waals surface area contributed by atoms with Gasteiger partial charge in [-0.15, -0.1) is 0 Å². The van der Waals surface area contributed by atoms with Crippen molar-refractivity contribution in [2.45, 2.75) is 37.9 Å². The molecule has 1 amide bonds. The summed E-state index contributed by atoms with van der Waals surface area (Å²) >= 11 is 0. The van der Waals surface area contributed by atoms with Crippen LogP contribution in [-0.2, 0) is 11.3 Å². The highest BCUT2D eigenvalue weighted by Gasteiger charge is 2.38. The van der Waals surface area contributed by atoms with Crippen molar-refractivity contribution >= 4 is 5.91 Å². The van der Waals surface area contributed by atoms with Gasteiger partial charge in [0.2, 0.25) is 5.91 Å². The lowest BCUT2D eigenvalue weighted by atomic mass is 9.90. The second-order valence-electron chi connectivity index (χ2n) is 8.14. The van der Waals surface area contributed by atoms with Crippen LogP contribution in [0.2, 0.25) is 0 Å². The lowest BCUT2D eigenvalue weighted by Crippen LogP contribution is -2.63. The monoisotopic (exact) mass is 372 g/mol. The topological polar surface area (TPSA) is 50.3 Å². The molecule has 0 unspecified atom stereocenters. The predicted octanol–water partition coefficient (Wildman–Crippen LogP) is 0.819. The van der Waals surface area contributed by atoms with E-state index in [2.05, 4.69) is 34.1 Å². The fourth-order valence-electron chi connectivity index (χ4n) is 4.51. The Labute approximate surface area is 162 Å². The summed E-state index contributed by atoms with van der Waals surface area (Å²) in [4.78, 5) is 22.1. The summed E-state index contributed by atoms with van der Waals surface area (Å²) in [5, 5.41) is 9.74. The number of aliphatic hydroxyl groups is 1. The smallest absolute Gasteiger partial charge is 0.241 e. The minimum absolute atomic E-state index is 0.0249. The number of nitrogens with zero attached hydrogens (tertiary/aromatic N) is 4. The van der Waals surface area contributed by atoms with E-state index in [1.807, 2.05) is 15.9 Å². The average Bonchev–Trinajstić information content (AvgIpc) is 2.67. The molecule has 1 atom stereocenters. The first kappa shape index (κ1) is 18.9. The predicted molar refractivity (Wildman–Crippen MR) is 105 cm³/mol. The number of benzene rings is 1. The van der Waals surface area contributed by atoms with Crippen LogP contribution in [0.4, 0.5) is 0 Å². The van der Waals surface area contributed by atoms with Crippen LogP contribution < -0.4 is 0 Å². The number of amides is 1. The van der Waals surface area contributed by atoms with Gasteiger partial charge in [0, 0.05) is 58.4 Å². The van der Waals surface area contributed by atoms with Gasteiger partial charge in [0.1, 0.15) is 6.04 Å². The molecule has 0 aromatic heterocycles. The van der Waals surface area contributed by atoms with Crippen LogP contribution in [0.5, 0.6) is 0 Å². The summed E-state index contributed by atoms with van der Waals surface area (Å²) in [5.74, 6) is 0.201. The van der Waals surface area contributed by atoms with Crippen molar-refractivity contribution in [1.29, 1.82) is 0 Å². The van der Waals surface area contributed by atoms with E-state index in [1.165, 1.54) is 24.8 Å². The first-order chi connectivity index (χ1) is 13.2. The number of carbonyl (C=O) groups excluding carboxylic acids is 1. The van der Waals surface area contributed by atoms with Gasteiger partial charge in [-0.25, -0.2) is 0 Å². The highest BCUT2D eigenvalue weighted by molar-refractivity contribution is 5.82. The van der Waals surface area contributed by atoms with Gasteiger partial charge in [-0.05, 0) is 18.4 Å². The molecule has 2 saturated heterocycles. The van der Waals surface area contributed by atoms with Gasteiger partial charge in [-0.3, -0.25) is 19.5 Å². The van der Waals surface area contributed by atoms with Crippen molar-refractivity contribution in [2.24, 2.45) is 0 Å². The molecular weight excluding hydrogens is 340 g/mol. The second-order valence-corrected chi connectivity index (χ2v) is 8.14. The van der Waals surface area contributed by atoms with E-state index in [4.69, 9.17) is 0 Å². The Hall–Kier alpha value is -1.47. The largest absolute Gasteiger partial charge is 0.381 e. The molecule has 6 nitrogen and oxygen atoms in total. The van der Waals surface area contributed by atoms with Crippen molar-refractivity contribution in [3.63, 3.8) is 0 Å². The summed E-state index contributed by atoms with van der Waals surface area (Å²) in [6, 6.07) is 11.0. The Bertz CT molecular complexity index is 614. The normalized spacial score (nSPS) is 26.1. The molecule has 6 heteroatoms. The minimum Gasteiger partial charge on any atom is -0.381 e. The third-order valence-corrected chi connectivity index (χ3v) is 6.51. The fraction of sp³-hybridized carbons (Fsp3) is 0.667. The second kappa shape index (κ2) is 8.69. The van der Waals surface area contributed by atoms with Gasteiger partial charge in [0.15, 0.2) is 0 Å². The summed E-state index contributed by atoms with van der Waals surface area (Å²) in [6.07, 6.45) is 3.84. The number of hydrogen-bond donors (Lipinski definition) is 1. The molecule has 27 heavy (non-hydrogen) atoms. The Morgan fingerprint density at radius 2 is 1.74 bits per heavy atom. The third kappa shape index (κ3) is 4.35. The molecule has 3 fully saturated rings. The molecule has 1 aliphatic carbocycles. The maximum Gasteiger partial charge on any atom is 0.241 e. The van der Waals surface area contributed by atoms with Gasteiger partial charge >= 0.3 is 0 Å². The number of carbonyl (C=O) groups is 1. The lowest BCUT2D eigenvalue weighted by Gasteiger charge is -2.47. The lowest BCUT2D eigenvalue weighted by molar-refractivity contribution is -0.145. The molecule has 1 saturated carbocycles. The number of hydrogen-bond acceptors (Lipinski definition) is 5. The molecule has 1 aromatic carbocycles. The SMILES string of the molecule is O=C([C@H]1CN(C2CCC2)CCN1CO)N1CCN(Cc2ccccc2)CC1. The van der Waals surface area contributed by atoms with Crippen LogP contribution in [-0.4, -0.2) is 95.2 Å². The van der Waals surface area contributed by atoms with Crippen LogP contribution in [0.15, 0.2) is 30.3 Å². The van der Waals surface area contributed by atoms with Crippen LogP contribution in [0, 0.1) is 0 Å². The van der Waals surface area contributed by atoms with Crippen molar-refractivity contribution < 1.29 is 9.90 Å². The molecule has 0 radical (unpaired) electrons. The van der Waals surface area contributed by atoms with E-state index < -0.39 is 0 Å². The van der Waals surface area contributed by atoms with E-state index in [1.54, 1.807) is 0 Å². The molecule has 3 aliphatic rings. The van der Waals surface area contributed by atoms with Crippen LogP contribution in [0.3, 0.4) is 0 Å². The highest BCUT2D eigenvalue weighted by Crippen LogP contribution is 2.27. The van der Waals surface area contributed by atoms with E-state index in [0.717, 1.165) is 52.4 Å². The zero-order valence-corrected chi connectivity index (χ0v) is 16.2. The van der Waals surface area contributed by atoms with Gasteiger partial charge < -0.3 is 10.0 Å². The molecule has 1 N–H and O–H groups in total. The zero-order valence-electron chi connectivity index (χ0n) is 16.2. The zero-order chi connectivity index (χ0) is 18.6. The number of rotatable bonds is 5. The van der Waals surface area contributed by atoms with E-state index in [9.17, 15) is 9.90 Å². The molecule has 148 valence electrons. The van der Waals surface area contributed by atoms with Crippen molar-refractivity contribution in [3.8, 4) is 0 Å². The summed E-state index contributed by atoms with van der Waals surface area (Å²) < 4.78 is 0. The molecule has 0 spiro atoms. The molecule has 4 rings (SSSR count). The van der Waals surface area contributed by atoms with Gasteiger partial charge in [-0.1, -0.05) is 36.8 Å². The molecule has 2 heterocycles. The summed E-state index contributed by atoms with van der Waals surface area (Å²) in [6.45, 7) is 6.85. The minimum atomic E-state index is -0.190. The summed E-state index contributed by atoms with van der Waals surface area (Å²) in [5.41, 5.74) is 1.33. The average molecular weight is 373 g/mol. The quantitative estimate of drug-likeness (QED) is 0.829. The van der Waals surface area contributed by atoms with Crippen LogP contribution >= 0.6 is 0 Å². The summed E-state index contributed by atoms with van der Waals surface area (Å²) in [7, 11) is 0. The van der Waals surface area contributed by atoms with Crippen molar-refractivity contribution in [1.82, 2.24) is 19.6 Å². The first-order valence-corrected chi connectivity index (χ1v) is 10.4. The Morgan fingerprint density at radius 1 is 1.00 bits per heavy atom.